The smallest absolute Gasteiger partial charge is 0.124 e. The number of fused-ring (bicyclic) bond motifs is 1. The van der Waals surface area contributed by atoms with Gasteiger partial charge in [-0.15, -0.1) is 0 Å². The molecular formula is C12H13N3O2. The Morgan fingerprint density at radius 2 is 2.35 bits per heavy atom. The van der Waals surface area contributed by atoms with Crippen molar-refractivity contribution < 1.29 is 9.84 Å². The number of methoxy groups -OCH3 is 1. The second kappa shape index (κ2) is 4.85. The van der Waals surface area contributed by atoms with E-state index in [2.05, 4.69) is 11.1 Å². The lowest BCUT2D eigenvalue weighted by atomic mass is 10.3. The van der Waals surface area contributed by atoms with Crippen molar-refractivity contribution in [2.75, 3.05) is 13.7 Å². The topological polar surface area (TPSA) is 71.1 Å². The summed E-state index contributed by atoms with van der Waals surface area (Å²) >= 11 is 0. The van der Waals surface area contributed by atoms with E-state index in [1.807, 2.05) is 22.8 Å². The van der Waals surface area contributed by atoms with Crippen LogP contribution in [-0.2, 0) is 13.0 Å². The molecule has 1 heterocycles. The zero-order valence-corrected chi connectivity index (χ0v) is 9.55. The molecule has 0 radical (unpaired) electrons. The third kappa shape index (κ3) is 2.08. The lowest BCUT2D eigenvalue weighted by molar-refractivity contribution is 0.276. The number of aliphatic hydroxyl groups is 1. The Bertz CT molecular complexity index is 569. The van der Waals surface area contributed by atoms with Crippen molar-refractivity contribution in [3.05, 3.63) is 24.0 Å². The van der Waals surface area contributed by atoms with Crippen molar-refractivity contribution in [3.8, 4) is 11.8 Å². The predicted molar refractivity (Wildman–Crippen MR) is 62.7 cm³/mol. The van der Waals surface area contributed by atoms with Crippen LogP contribution in [0.5, 0.6) is 5.75 Å². The highest BCUT2D eigenvalue weighted by molar-refractivity contribution is 5.77. The normalized spacial score (nSPS) is 10.4. The highest BCUT2D eigenvalue weighted by Crippen LogP contribution is 2.21. The van der Waals surface area contributed by atoms with E-state index < -0.39 is 0 Å². The second-order valence-corrected chi connectivity index (χ2v) is 3.59. The molecule has 0 bridgehead atoms. The zero-order valence-electron chi connectivity index (χ0n) is 9.55. The number of aromatic nitrogens is 2. The van der Waals surface area contributed by atoms with E-state index in [-0.39, 0.29) is 13.0 Å². The first-order valence-electron chi connectivity index (χ1n) is 5.31. The summed E-state index contributed by atoms with van der Waals surface area (Å²) in [6.07, 6.45) is 0.233. The van der Waals surface area contributed by atoms with Crippen LogP contribution in [0.1, 0.15) is 5.82 Å². The fraction of sp³-hybridized carbons (Fsp3) is 0.333. The largest absolute Gasteiger partial charge is 0.497 e. The highest BCUT2D eigenvalue weighted by Gasteiger charge is 2.10. The lowest BCUT2D eigenvalue weighted by Crippen LogP contribution is -2.06. The summed E-state index contributed by atoms with van der Waals surface area (Å²) in [5.74, 6) is 1.40. The van der Waals surface area contributed by atoms with Crippen LogP contribution in [0.25, 0.3) is 11.0 Å². The maximum Gasteiger partial charge on any atom is 0.124 e. The molecule has 5 nitrogen and oxygen atoms in total. The van der Waals surface area contributed by atoms with Crippen LogP contribution in [0.4, 0.5) is 0 Å². The summed E-state index contributed by atoms with van der Waals surface area (Å²) in [7, 11) is 1.60. The molecule has 0 aliphatic carbocycles. The standard InChI is InChI=1S/C12H13N3O2/c1-17-9-2-3-11-10(8-9)14-12(4-5-13)15(11)6-7-16/h2-3,8,16H,4,6-7H2,1H3. The number of benzene rings is 1. The van der Waals surface area contributed by atoms with Crippen LogP contribution >= 0.6 is 0 Å². The summed E-state index contributed by atoms with van der Waals surface area (Å²) in [4.78, 5) is 4.38. The number of nitrogens with zero attached hydrogens (tertiary/aromatic N) is 3. The minimum absolute atomic E-state index is 0.0237. The summed E-state index contributed by atoms with van der Waals surface area (Å²) in [6.45, 7) is 0.468. The van der Waals surface area contributed by atoms with Gasteiger partial charge in [-0.2, -0.15) is 5.26 Å². The van der Waals surface area contributed by atoms with Gasteiger partial charge in [0.1, 0.15) is 11.6 Å². The number of aliphatic hydroxyl groups excluding tert-OH is 1. The van der Waals surface area contributed by atoms with Crippen LogP contribution in [0, 0.1) is 11.3 Å². The number of nitriles is 1. The van der Waals surface area contributed by atoms with Crippen LogP contribution in [-0.4, -0.2) is 28.4 Å². The number of hydrogen-bond donors (Lipinski definition) is 1. The maximum atomic E-state index is 9.03. The second-order valence-electron chi connectivity index (χ2n) is 3.59. The van der Waals surface area contributed by atoms with E-state index in [4.69, 9.17) is 15.1 Å². The molecule has 0 atom stereocenters. The molecule has 2 aromatic rings. The van der Waals surface area contributed by atoms with Gasteiger partial charge in [0.2, 0.25) is 0 Å². The van der Waals surface area contributed by atoms with E-state index in [9.17, 15) is 0 Å². The van der Waals surface area contributed by atoms with Crippen molar-refractivity contribution in [3.63, 3.8) is 0 Å². The fourth-order valence-electron chi connectivity index (χ4n) is 1.84. The van der Waals surface area contributed by atoms with Gasteiger partial charge in [0.05, 0.1) is 37.2 Å². The Balaban J connectivity index is 2.57. The van der Waals surface area contributed by atoms with E-state index in [1.54, 1.807) is 7.11 Å². The first-order valence-corrected chi connectivity index (χ1v) is 5.31. The molecule has 0 unspecified atom stereocenters. The molecular weight excluding hydrogens is 218 g/mol. The minimum atomic E-state index is 0.0237. The van der Waals surface area contributed by atoms with Crippen LogP contribution in [0.3, 0.4) is 0 Å². The average molecular weight is 231 g/mol. The number of ether oxygens (including phenoxy) is 1. The molecule has 1 aromatic heterocycles. The van der Waals surface area contributed by atoms with Gasteiger partial charge in [0, 0.05) is 12.6 Å². The first kappa shape index (κ1) is 11.4. The van der Waals surface area contributed by atoms with E-state index in [1.165, 1.54) is 0 Å². The van der Waals surface area contributed by atoms with Gasteiger partial charge >= 0.3 is 0 Å². The molecule has 0 saturated carbocycles. The van der Waals surface area contributed by atoms with Crippen LogP contribution in [0.15, 0.2) is 18.2 Å². The maximum absolute atomic E-state index is 9.03. The SMILES string of the molecule is COc1ccc2c(c1)nc(CC#N)n2CCO. The molecule has 0 saturated heterocycles. The van der Waals surface area contributed by atoms with E-state index >= 15 is 0 Å². The molecule has 0 amide bonds. The third-order valence-electron chi connectivity index (χ3n) is 2.60. The Morgan fingerprint density at radius 3 is 3.00 bits per heavy atom. The summed E-state index contributed by atoms with van der Waals surface area (Å²) in [6, 6.07) is 7.63. The summed E-state index contributed by atoms with van der Waals surface area (Å²) in [5.41, 5.74) is 1.69. The highest BCUT2D eigenvalue weighted by atomic mass is 16.5. The Morgan fingerprint density at radius 1 is 1.53 bits per heavy atom. The van der Waals surface area contributed by atoms with Gasteiger partial charge in [0.25, 0.3) is 0 Å². The molecule has 0 aliphatic rings. The molecule has 0 aliphatic heterocycles. The molecule has 17 heavy (non-hydrogen) atoms. The van der Waals surface area contributed by atoms with Crippen molar-refractivity contribution >= 4 is 11.0 Å². The molecule has 1 N–H and O–H groups in total. The zero-order chi connectivity index (χ0) is 12.3. The van der Waals surface area contributed by atoms with Gasteiger partial charge in [-0.05, 0) is 12.1 Å². The van der Waals surface area contributed by atoms with Crippen molar-refractivity contribution in [1.29, 1.82) is 5.26 Å². The third-order valence-corrected chi connectivity index (χ3v) is 2.60. The van der Waals surface area contributed by atoms with Crippen molar-refractivity contribution in [1.82, 2.24) is 9.55 Å². The van der Waals surface area contributed by atoms with Crippen LogP contribution < -0.4 is 4.74 Å². The average Bonchev–Trinajstić information content (AvgIpc) is 2.68. The van der Waals surface area contributed by atoms with Crippen LogP contribution in [0.2, 0.25) is 0 Å². The van der Waals surface area contributed by atoms with Crippen molar-refractivity contribution in [2.45, 2.75) is 13.0 Å². The Hall–Kier alpha value is -2.06. The molecule has 5 heteroatoms. The van der Waals surface area contributed by atoms with E-state index in [0.717, 1.165) is 16.8 Å². The summed E-state index contributed by atoms with van der Waals surface area (Å²) in [5, 5.41) is 17.8. The Labute approximate surface area is 98.9 Å². The monoisotopic (exact) mass is 231 g/mol. The minimum Gasteiger partial charge on any atom is -0.497 e. The van der Waals surface area contributed by atoms with Gasteiger partial charge in [-0.1, -0.05) is 0 Å². The molecule has 2 rings (SSSR count). The van der Waals surface area contributed by atoms with Gasteiger partial charge < -0.3 is 14.4 Å². The Kier molecular flexibility index (Phi) is 3.26. The lowest BCUT2D eigenvalue weighted by Gasteiger charge is -2.05. The predicted octanol–water partition coefficient (Wildman–Crippen LogP) is 1.10. The molecule has 1 aromatic carbocycles. The quantitative estimate of drug-likeness (QED) is 0.855. The van der Waals surface area contributed by atoms with Gasteiger partial charge in [-0.25, -0.2) is 4.98 Å². The first-order chi connectivity index (χ1) is 8.30. The molecule has 0 spiro atoms. The molecule has 0 fully saturated rings. The fourth-order valence-corrected chi connectivity index (χ4v) is 1.84. The van der Waals surface area contributed by atoms with Crippen molar-refractivity contribution in [2.24, 2.45) is 0 Å². The molecule has 88 valence electrons. The number of hydrogen-bond acceptors (Lipinski definition) is 4. The number of imidazole rings is 1. The van der Waals surface area contributed by atoms with Gasteiger partial charge in [-0.3, -0.25) is 0 Å². The van der Waals surface area contributed by atoms with E-state index in [0.29, 0.717) is 12.4 Å². The number of rotatable bonds is 4. The summed E-state index contributed by atoms with van der Waals surface area (Å²) < 4.78 is 6.99. The van der Waals surface area contributed by atoms with Gasteiger partial charge in [0.15, 0.2) is 0 Å².